The van der Waals surface area contributed by atoms with Gasteiger partial charge in [-0.3, -0.25) is 0 Å². The fourth-order valence-electron chi connectivity index (χ4n) is 2.21. The van der Waals surface area contributed by atoms with E-state index in [0.29, 0.717) is 0 Å². The predicted molar refractivity (Wildman–Crippen MR) is 80.4 cm³/mol. The van der Waals surface area contributed by atoms with Gasteiger partial charge in [0.15, 0.2) is 0 Å². The van der Waals surface area contributed by atoms with Crippen LogP contribution in [0.4, 0.5) is 0 Å². The highest BCUT2D eigenvalue weighted by Gasteiger charge is 2.17. The van der Waals surface area contributed by atoms with E-state index in [1.54, 1.807) is 11.3 Å². The van der Waals surface area contributed by atoms with Crippen molar-refractivity contribution in [1.82, 2.24) is 0 Å². The summed E-state index contributed by atoms with van der Waals surface area (Å²) in [6, 6.07) is 6.49. The number of rotatable bonds is 2. The van der Waals surface area contributed by atoms with E-state index >= 15 is 0 Å². The van der Waals surface area contributed by atoms with Gasteiger partial charge < -0.3 is 0 Å². The molecule has 2 rings (SSSR count). The second-order valence-electron chi connectivity index (χ2n) is 4.36. The third kappa shape index (κ3) is 2.75. The van der Waals surface area contributed by atoms with Gasteiger partial charge in [0, 0.05) is 0 Å². The Bertz CT molecular complexity index is 522. The minimum absolute atomic E-state index is 0.0573. The molecule has 0 spiro atoms. The lowest BCUT2D eigenvalue weighted by atomic mass is 9.95. The largest absolute Gasteiger partial charge is 0.136 e. The summed E-state index contributed by atoms with van der Waals surface area (Å²) >= 11 is 11.7. The van der Waals surface area contributed by atoms with Crippen LogP contribution in [0.3, 0.4) is 0 Å². The van der Waals surface area contributed by atoms with Crippen molar-refractivity contribution in [3.63, 3.8) is 0 Å². The van der Waals surface area contributed by atoms with Crippen LogP contribution in [0.1, 0.15) is 33.2 Å². The summed E-state index contributed by atoms with van der Waals surface area (Å²) in [6.07, 6.45) is 0. The van der Waals surface area contributed by atoms with Gasteiger partial charge in [0.05, 0.1) is 9.16 Å². The Morgan fingerprint density at radius 3 is 2.18 bits per heavy atom. The molecule has 1 heterocycles. The van der Waals surface area contributed by atoms with Crippen LogP contribution in [0, 0.1) is 20.8 Å². The highest BCUT2D eigenvalue weighted by molar-refractivity contribution is 9.11. The Labute approximate surface area is 120 Å². The number of alkyl halides is 1. The molecule has 0 radical (unpaired) electrons. The van der Waals surface area contributed by atoms with Gasteiger partial charge in [0.2, 0.25) is 0 Å². The van der Waals surface area contributed by atoms with Crippen molar-refractivity contribution in [2.75, 3.05) is 0 Å². The van der Waals surface area contributed by atoms with Crippen LogP contribution < -0.4 is 0 Å². The van der Waals surface area contributed by atoms with Crippen LogP contribution in [0.15, 0.2) is 27.4 Å². The summed E-state index contributed by atoms with van der Waals surface area (Å²) in [6.45, 7) is 6.38. The molecule has 0 saturated heterocycles. The van der Waals surface area contributed by atoms with E-state index in [4.69, 9.17) is 11.6 Å². The van der Waals surface area contributed by atoms with Crippen molar-refractivity contribution in [2.24, 2.45) is 0 Å². The topological polar surface area (TPSA) is 0 Å². The number of benzene rings is 1. The Kier molecular flexibility index (Phi) is 3.96. The molecule has 0 amide bonds. The van der Waals surface area contributed by atoms with E-state index in [1.807, 2.05) is 0 Å². The average Bonchev–Trinajstić information content (AvgIpc) is 2.63. The fraction of sp³-hybridized carbons (Fsp3) is 0.286. The second-order valence-corrected chi connectivity index (χ2v) is 7.09. The Morgan fingerprint density at radius 1 is 1.12 bits per heavy atom. The molecule has 17 heavy (non-hydrogen) atoms. The number of thiophene rings is 1. The van der Waals surface area contributed by atoms with Crippen molar-refractivity contribution in [1.29, 1.82) is 0 Å². The lowest BCUT2D eigenvalue weighted by molar-refractivity contribution is 1.08. The number of aryl methyl sites for hydroxylation is 3. The SMILES string of the molecule is Cc1cc(C)c(C(Cl)c2csc(Br)c2)c(C)c1. The molecule has 0 N–H and O–H groups in total. The summed E-state index contributed by atoms with van der Waals surface area (Å²) in [7, 11) is 0. The molecule has 0 aliphatic heterocycles. The van der Waals surface area contributed by atoms with Crippen LogP contribution in [-0.2, 0) is 0 Å². The number of halogens is 2. The summed E-state index contributed by atoms with van der Waals surface area (Å²) < 4.78 is 1.13. The predicted octanol–water partition coefficient (Wildman–Crippen LogP) is 5.76. The van der Waals surface area contributed by atoms with Crippen molar-refractivity contribution >= 4 is 38.9 Å². The average molecular weight is 330 g/mol. The molecule has 0 fully saturated rings. The molecule has 1 aromatic heterocycles. The monoisotopic (exact) mass is 328 g/mol. The summed E-state index contributed by atoms with van der Waals surface area (Å²) in [5.41, 5.74) is 6.23. The van der Waals surface area contributed by atoms with Gasteiger partial charge in [-0.25, -0.2) is 0 Å². The molecule has 1 aromatic carbocycles. The van der Waals surface area contributed by atoms with Gasteiger partial charge in [0.1, 0.15) is 0 Å². The van der Waals surface area contributed by atoms with Crippen molar-refractivity contribution in [3.05, 3.63) is 55.2 Å². The van der Waals surface area contributed by atoms with Crippen LogP contribution in [-0.4, -0.2) is 0 Å². The molecule has 3 heteroatoms. The van der Waals surface area contributed by atoms with Gasteiger partial charge >= 0.3 is 0 Å². The lowest BCUT2D eigenvalue weighted by Gasteiger charge is -2.16. The molecular weight excluding hydrogens is 316 g/mol. The molecule has 0 bridgehead atoms. The third-order valence-electron chi connectivity index (χ3n) is 2.87. The van der Waals surface area contributed by atoms with E-state index in [2.05, 4.69) is 60.3 Å². The highest BCUT2D eigenvalue weighted by Crippen LogP contribution is 2.37. The highest BCUT2D eigenvalue weighted by atomic mass is 79.9. The molecule has 0 aliphatic carbocycles. The zero-order valence-electron chi connectivity index (χ0n) is 10.1. The normalized spacial score (nSPS) is 12.8. The summed E-state index contributed by atoms with van der Waals surface area (Å²) in [5.74, 6) is 0. The number of hydrogen-bond acceptors (Lipinski definition) is 1. The lowest BCUT2D eigenvalue weighted by Crippen LogP contribution is -1.99. The van der Waals surface area contributed by atoms with Crippen molar-refractivity contribution < 1.29 is 0 Å². The Morgan fingerprint density at radius 2 is 1.71 bits per heavy atom. The van der Waals surface area contributed by atoms with Crippen molar-refractivity contribution in [3.8, 4) is 0 Å². The van der Waals surface area contributed by atoms with Crippen molar-refractivity contribution in [2.45, 2.75) is 26.1 Å². The van der Waals surface area contributed by atoms with Crippen LogP contribution in [0.5, 0.6) is 0 Å². The van der Waals surface area contributed by atoms with E-state index < -0.39 is 0 Å². The van der Waals surface area contributed by atoms with Gasteiger partial charge in [-0.05, 0) is 70.4 Å². The standard InChI is InChI=1S/C14H14BrClS/c1-8-4-9(2)13(10(3)5-8)14(16)11-6-12(15)17-7-11/h4-7,14H,1-3H3. The second kappa shape index (κ2) is 5.13. The Hall–Kier alpha value is -0.310. The molecule has 1 unspecified atom stereocenters. The molecule has 0 aliphatic rings. The van der Waals surface area contributed by atoms with Gasteiger partial charge in [0.25, 0.3) is 0 Å². The van der Waals surface area contributed by atoms with Gasteiger partial charge in [-0.1, -0.05) is 17.7 Å². The minimum Gasteiger partial charge on any atom is -0.136 e. The zero-order chi connectivity index (χ0) is 12.6. The molecule has 0 nitrogen and oxygen atoms in total. The zero-order valence-corrected chi connectivity index (χ0v) is 13.2. The van der Waals surface area contributed by atoms with Crippen LogP contribution in [0.2, 0.25) is 0 Å². The first-order valence-corrected chi connectivity index (χ1v) is 7.55. The third-order valence-corrected chi connectivity index (χ3v) is 4.86. The van der Waals surface area contributed by atoms with Gasteiger partial charge in [-0.15, -0.1) is 22.9 Å². The summed E-state index contributed by atoms with van der Waals surface area (Å²) in [4.78, 5) is 0. The molecule has 1 atom stereocenters. The Balaban J connectivity index is 2.47. The smallest absolute Gasteiger partial charge is 0.0848 e. The fourth-order valence-corrected chi connectivity index (χ4v) is 3.96. The maximum atomic E-state index is 6.59. The van der Waals surface area contributed by atoms with E-state index in [9.17, 15) is 0 Å². The first kappa shape index (κ1) is 13.1. The van der Waals surface area contributed by atoms with E-state index in [0.717, 1.165) is 3.79 Å². The van der Waals surface area contributed by atoms with E-state index in [1.165, 1.54) is 27.8 Å². The first-order valence-electron chi connectivity index (χ1n) is 5.45. The van der Waals surface area contributed by atoms with Crippen LogP contribution >= 0.6 is 38.9 Å². The quantitative estimate of drug-likeness (QED) is 0.614. The molecule has 90 valence electrons. The first-order chi connectivity index (χ1) is 7.99. The van der Waals surface area contributed by atoms with Gasteiger partial charge in [-0.2, -0.15) is 0 Å². The minimum atomic E-state index is -0.0573. The maximum absolute atomic E-state index is 6.59. The maximum Gasteiger partial charge on any atom is 0.0848 e. The number of hydrogen-bond donors (Lipinski definition) is 0. The molecule has 2 aromatic rings. The molecule has 0 saturated carbocycles. The van der Waals surface area contributed by atoms with Crippen LogP contribution in [0.25, 0.3) is 0 Å². The molecular formula is C14H14BrClS. The summed E-state index contributed by atoms with van der Waals surface area (Å²) in [5, 5.41) is 2.05. The van der Waals surface area contributed by atoms with E-state index in [-0.39, 0.29) is 5.38 Å².